The SMILES string of the molecule is O=C(NC1CCCC1)c1cccc(O)c1O. The largest absolute Gasteiger partial charge is 0.504 e. The second kappa shape index (κ2) is 4.43. The van der Waals surface area contributed by atoms with E-state index in [4.69, 9.17) is 0 Å². The molecule has 0 bridgehead atoms. The number of carbonyl (C=O) groups is 1. The summed E-state index contributed by atoms with van der Waals surface area (Å²) in [7, 11) is 0. The number of para-hydroxylation sites is 1. The summed E-state index contributed by atoms with van der Waals surface area (Å²) in [5.74, 6) is -0.933. The number of rotatable bonds is 2. The molecular formula is C12H15NO3. The predicted octanol–water partition coefficient (Wildman–Crippen LogP) is 1.77. The molecule has 1 aromatic rings. The third kappa shape index (κ3) is 2.10. The highest BCUT2D eigenvalue weighted by atomic mass is 16.3. The normalized spacial score (nSPS) is 16.2. The highest BCUT2D eigenvalue weighted by molar-refractivity contribution is 5.97. The van der Waals surface area contributed by atoms with Crippen molar-refractivity contribution in [3.63, 3.8) is 0 Å². The molecule has 0 aliphatic heterocycles. The molecule has 0 radical (unpaired) electrons. The zero-order valence-electron chi connectivity index (χ0n) is 8.94. The van der Waals surface area contributed by atoms with Gasteiger partial charge >= 0.3 is 0 Å². The van der Waals surface area contributed by atoms with Gasteiger partial charge in [-0.1, -0.05) is 18.9 Å². The number of amides is 1. The summed E-state index contributed by atoms with van der Waals surface area (Å²) >= 11 is 0. The van der Waals surface area contributed by atoms with Crippen LogP contribution in [0.5, 0.6) is 11.5 Å². The highest BCUT2D eigenvalue weighted by Gasteiger charge is 2.20. The van der Waals surface area contributed by atoms with Crippen molar-refractivity contribution in [2.75, 3.05) is 0 Å². The van der Waals surface area contributed by atoms with Crippen molar-refractivity contribution in [3.8, 4) is 11.5 Å². The molecule has 3 N–H and O–H groups in total. The lowest BCUT2D eigenvalue weighted by atomic mass is 10.1. The van der Waals surface area contributed by atoms with E-state index in [-0.39, 0.29) is 29.0 Å². The average Bonchev–Trinajstić information content (AvgIpc) is 2.74. The fraction of sp³-hybridized carbons (Fsp3) is 0.417. The first-order chi connectivity index (χ1) is 7.68. The van der Waals surface area contributed by atoms with Crippen molar-refractivity contribution in [2.45, 2.75) is 31.7 Å². The molecule has 4 nitrogen and oxygen atoms in total. The third-order valence-corrected chi connectivity index (χ3v) is 2.95. The Hall–Kier alpha value is -1.71. The van der Waals surface area contributed by atoms with E-state index >= 15 is 0 Å². The molecule has 1 saturated carbocycles. The molecule has 2 rings (SSSR count). The average molecular weight is 221 g/mol. The van der Waals surface area contributed by atoms with Crippen molar-refractivity contribution in [1.82, 2.24) is 5.32 Å². The predicted molar refractivity (Wildman–Crippen MR) is 59.5 cm³/mol. The number of nitrogens with one attached hydrogen (secondary N) is 1. The van der Waals surface area contributed by atoms with E-state index in [0.29, 0.717) is 0 Å². The van der Waals surface area contributed by atoms with Gasteiger partial charge in [0.05, 0.1) is 5.56 Å². The Bertz CT molecular complexity index is 397. The number of hydrogen-bond acceptors (Lipinski definition) is 3. The Morgan fingerprint density at radius 2 is 1.94 bits per heavy atom. The summed E-state index contributed by atoms with van der Waals surface area (Å²) in [6.07, 6.45) is 4.25. The van der Waals surface area contributed by atoms with Crippen LogP contribution in [0.1, 0.15) is 36.0 Å². The zero-order chi connectivity index (χ0) is 11.5. The first-order valence-corrected chi connectivity index (χ1v) is 5.50. The molecule has 1 fully saturated rings. The van der Waals surface area contributed by atoms with E-state index in [9.17, 15) is 15.0 Å². The summed E-state index contributed by atoms with van der Waals surface area (Å²) in [5.41, 5.74) is 0.131. The van der Waals surface area contributed by atoms with E-state index < -0.39 is 0 Å². The Balaban J connectivity index is 2.11. The number of phenolic OH excluding ortho intramolecular Hbond substituents is 2. The van der Waals surface area contributed by atoms with Gasteiger partial charge in [-0.05, 0) is 25.0 Å². The number of benzene rings is 1. The van der Waals surface area contributed by atoms with E-state index in [2.05, 4.69) is 5.32 Å². The third-order valence-electron chi connectivity index (χ3n) is 2.95. The van der Waals surface area contributed by atoms with Crippen molar-refractivity contribution in [3.05, 3.63) is 23.8 Å². The Morgan fingerprint density at radius 1 is 1.25 bits per heavy atom. The number of hydrogen-bond donors (Lipinski definition) is 3. The number of carbonyl (C=O) groups excluding carboxylic acids is 1. The van der Waals surface area contributed by atoms with Crippen molar-refractivity contribution < 1.29 is 15.0 Å². The number of aromatic hydroxyl groups is 2. The zero-order valence-corrected chi connectivity index (χ0v) is 8.94. The van der Waals surface area contributed by atoms with Gasteiger partial charge in [0, 0.05) is 6.04 Å². The van der Waals surface area contributed by atoms with Crippen LogP contribution in [0.25, 0.3) is 0 Å². The van der Waals surface area contributed by atoms with Gasteiger partial charge in [-0.3, -0.25) is 4.79 Å². The molecule has 86 valence electrons. The lowest BCUT2D eigenvalue weighted by Gasteiger charge is -2.12. The minimum absolute atomic E-state index is 0.131. The molecule has 0 saturated heterocycles. The van der Waals surface area contributed by atoms with Gasteiger partial charge in [0.2, 0.25) is 0 Å². The molecule has 0 atom stereocenters. The maximum absolute atomic E-state index is 11.8. The van der Waals surface area contributed by atoms with Crippen LogP contribution in [-0.2, 0) is 0 Å². The minimum atomic E-state index is -0.349. The van der Waals surface area contributed by atoms with Crippen LogP contribution in [0.4, 0.5) is 0 Å². The van der Waals surface area contributed by atoms with Gasteiger partial charge in [-0.2, -0.15) is 0 Å². The summed E-state index contributed by atoms with van der Waals surface area (Å²) < 4.78 is 0. The van der Waals surface area contributed by atoms with Crippen molar-refractivity contribution in [2.24, 2.45) is 0 Å². The Morgan fingerprint density at radius 3 is 2.62 bits per heavy atom. The van der Waals surface area contributed by atoms with Gasteiger partial charge < -0.3 is 15.5 Å². The molecule has 0 aromatic heterocycles. The summed E-state index contributed by atoms with van der Waals surface area (Å²) in [4.78, 5) is 11.8. The van der Waals surface area contributed by atoms with Gasteiger partial charge in [-0.15, -0.1) is 0 Å². The fourth-order valence-electron chi connectivity index (χ4n) is 2.05. The maximum Gasteiger partial charge on any atom is 0.255 e. The molecule has 0 unspecified atom stereocenters. The van der Waals surface area contributed by atoms with Crippen LogP contribution >= 0.6 is 0 Å². The standard InChI is InChI=1S/C12H15NO3/c14-10-7-3-6-9(11(10)15)12(16)13-8-4-1-2-5-8/h3,6-8,14-15H,1-2,4-5H2,(H,13,16). The topological polar surface area (TPSA) is 69.6 Å². The van der Waals surface area contributed by atoms with Gasteiger partial charge in [0.25, 0.3) is 5.91 Å². The monoisotopic (exact) mass is 221 g/mol. The van der Waals surface area contributed by atoms with Crippen molar-refractivity contribution >= 4 is 5.91 Å². The molecule has 0 spiro atoms. The number of phenols is 2. The summed E-state index contributed by atoms with van der Waals surface area (Å²) in [6, 6.07) is 4.59. The fourth-order valence-corrected chi connectivity index (χ4v) is 2.05. The van der Waals surface area contributed by atoms with Crippen LogP contribution in [-0.4, -0.2) is 22.2 Å². The van der Waals surface area contributed by atoms with E-state index in [1.54, 1.807) is 6.07 Å². The molecule has 1 aromatic carbocycles. The van der Waals surface area contributed by atoms with E-state index in [0.717, 1.165) is 25.7 Å². The quantitative estimate of drug-likeness (QED) is 0.666. The first kappa shape index (κ1) is 10.8. The smallest absolute Gasteiger partial charge is 0.255 e. The summed E-state index contributed by atoms with van der Waals surface area (Å²) in [6.45, 7) is 0. The molecule has 1 aliphatic rings. The Labute approximate surface area is 93.9 Å². The second-order valence-corrected chi connectivity index (χ2v) is 4.13. The van der Waals surface area contributed by atoms with Crippen LogP contribution in [0.3, 0.4) is 0 Å². The molecule has 4 heteroatoms. The lowest BCUT2D eigenvalue weighted by Crippen LogP contribution is -2.32. The van der Waals surface area contributed by atoms with Crippen LogP contribution < -0.4 is 5.32 Å². The van der Waals surface area contributed by atoms with Gasteiger partial charge in [0.1, 0.15) is 0 Å². The van der Waals surface area contributed by atoms with E-state index in [1.165, 1.54) is 12.1 Å². The van der Waals surface area contributed by atoms with Crippen LogP contribution in [0.15, 0.2) is 18.2 Å². The highest BCUT2D eigenvalue weighted by Crippen LogP contribution is 2.28. The minimum Gasteiger partial charge on any atom is -0.504 e. The lowest BCUT2D eigenvalue weighted by molar-refractivity contribution is 0.0934. The molecular weight excluding hydrogens is 206 g/mol. The van der Waals surface area contributed by atoms with Crippen LogP contribution in [0, 0.1) is 0 Å². The first-order valence-electron chi connectivity index (χ1n) is 5.50. The molecule has 1 aliphatic carbocycles. The molecule has 0 heterocycles. The van der Waals surface area contributed by atoms with Gasteiger partial charge in [0.15, 0.2) is 11.5 Å². The van der Waals surface area contributed by atoms with Crippen LogP contribution in [0.2, 0.25) is 0 Å². The molecule has 1 amide bonds. The molecule has 16 heavy (non-hydrogen) atoms. The van der Waals surface area contributed by atoms with Gasteiger partial charge in [-0.25, -0.2) is 0 Å². The maximum atomic E-state index is 11.8. The summed E-state index contributed by atoms with van der Waals surface area (Å²) in [5, 5.41) is 21.7. The van der Waals surface area contributed by atoms with Crippen molar-refractivity contribution in [1.29, 1.82) is 0 Å². The Kier molecular flexibility index (Phi) is 2.99. The second-order valence-electron chi connectivity index (χ2n) is 4.13. The van der Waals surface area contributed by atoms with E-state index in [1.807, 2.05) is 0 Å².